The molecule has 0 aliphatic rings. The molecule has 0 saturated carbocycles. The van der Waals surface area contributed by atoms with E-state index in [2.05, 4.69) is 10.1 Å². The van der Waals surface area contributed by atoms with Crippen LogP contribution in [0.4, 0.5) is 18.9 Å². The van der Waals surface area contributed by atoms with Gasteiger partial charge in [0.05, 0.1) is 5.56 Å². The lowest BCUT2D eigenvalue weighted by molar-refractivity contribution is -0.138. The SMILES string of the molecule is Cn1ncnc1SCc1ccc(N)cc1C(F)(F)F. The van der Waals surface area contributed by atoms with Gasteiger partial charge in [-0.05, 0) is 17.7 Å². The van der Waals surface area contributed by atoms with Crippen LogP contribution in [0, 0.1) is 0 Å². The Morgan fingerprint density at radius 3 is 2.68 bits per heavy atom. The lowest BCUT2D eigenvalue weighted by Gasteiger charge is -2.13. The molecule has 0 saturated heterocycles. The quantitative estimate of drug-likeness (QED) is 0.697. The molecule has 0 fully saturated rings. The molecule has 19 heavy (non-hydrogen) atoms. The first-order valence-electron chi connectivity index (χ1n) is 5.30. The second kappa shape index (κ2) is 5.12. The summed E-state index contributed by atoms with van der Waals surface area (Å²) in [6, 6.07) is 3.80. The van der Waals surface area contributed by atoms with Crippen molar-refractivity contribution in [1.29, 1.82) is 0 Å². The van der Waals surface area contributed by atoms with Crippen LogP contribution in [0.5, 0.6) is 0 Å². The molecule has 0 aliphatic heterocycles. The van der Waals surface area contributed by atoms with Crippen molar-refractivity contribution in [2.24, 2.45) is 7.05 Å². The highest BCUT2D eigenvalue weighted by atomic mass is 32.2. The van der Waals surface area contributed by atoms with Crippen molar-refractivity contribution in [3.8, 4) is 0 Å². The number of rotatable bonds is 3. The minimum absolute atomic E-state index is 0.0970. The third-order valence-corrected chi connectivity index (χ3v) is 3.55. The van der Waals surface area contributed by atoms with E-state index >= 15 is 0 Å². The van der Waals surface area contributed by atoms with E-state index in [1.807, 2.05) is 0 Å². The third-order valence-electron chi connectivity index (χ3n) is 2.47. The van der Waals surface area contributed by atoms with Crippen LogP contribution in [0.1, 0.15) is 11.1 Å². The number of nitrogens with two attached hydrogens (primary N) is 1. The van der Waals surface area contributed by atoms with E-state index in [9.17, 15) is 13.2 Å². The number of hydrogen-bond acceptors (Lipinski definition) is 4. The number of aryl methyl sites for hydroxylation is 1. The highest BCUT2D eigenvalue weighted by Crippen LogP contribution is 2.35. The van der Waals surface area contributed by atoms with Crippen LogP contribution < -0.4 is 5.73 Å². The van der Waals surface area contributed by atoms with Crippen LogP contribution in [0.25, 0.3) is 0 Å². The number of alkyl halides is 3. The maximum atomic E-state index is 12.9. The highest BCUT2D eigenvalue weighted by molar-refractivity contribution is 7.98. The van der Waals surface area contributed by atoms with Gasteiger partial charge >= 0.3 is 6.18 Å². The molecule has 0 spiro atoms. The van der Waals surface area contributed by atoms with Gasteiger partial charge in [0.1, 0.15) is 6.33 Å². The zero-order chi connectivity index (χ0) is 14.0. The van der Waals surface area contributed by atoms with Gasteiger partial charge in [0, 0.05) is 18.5 Å². The lowest BCUT2D eigenvalue weighted by atomic mass is 10.1. The Hall–Kier alpha value is -1.70. The lowest BCUT2D eigenvalue weighted by Crippen LogP contribution is -2.09. The topological polar surface area (TPSA) is 56.7 Å². The van der Waals surface area contributed by atoms with E-state index in [-0.39, 0.29) is 17.0 Å². The zero-order valence-corrected chi connectivity index (χ0v) is 10.8. The molecule has 4 nitrogen and oxygen atoms in total. The molecule has 2 N–H and O–H groups in total. The van der Waals surface area contributed by atoms with Crippen molar-refractivity contribution in [1.82, 2.24) is 14.8 Å². The molecule has 2 aromatic rings. The van der Waals surface area contributed by atoms with Crippen molar-refractivity contribution < 1.29 is 13.2 Å². The summed E-state index contributed by atoms with van der Waals surface area (Å²) in [4.78, 5) is 3.95. The number of halogens is 3. The van der Waals surface area contributed by atoms with Gasteiger partial charge in [-0.1, -0.05) is 17.8 Å². The van der Waals surface area contributed by atoms with E-state index in [1.165, 1.54) is 34.9 Å². The maximum Gasteiger partial charge on any atom is 0.416 e. The molecular weight excluding hydrogens is 277 g/mol. The molecule has 8 heteroatoms. The fourth-order valence-corrected chi connectivity index (χ4v) is 2.43. The average Bonchev–Trinajstić information content (AvgIpc) is 2.72. The predicted molar refractivity (Wildman–Crippen MR) is 66.4 cm³/mol. The zero-order valence-electron chi connectivity index (χ0n) is 9.98. The summed E-state index contributed by atoms with van der Waals surface area (Å²) >= 11 is 1.19. The Bertz CT molecular complexity index is 580. The van der Waals surface area contributed by atoms with E-state index in [0.717, 1.165) is 6.07 Å². The van der Waals surface area contributed by atoms with Gasteiger partial charge in [0.15, 0.2) is 5.16 Å². The van der Waals surface area contributed by atoms with Crippen LogP contribution in [0.15, 0.2) is 29.7 Å². The summed E-state index contributed by atoms with van der Waals surface area (Å²) in [6.07, 6.45) is -3.05. The largest absolute Gasteiger partial charge is 0.416 e. The molecule has 1 heterocycles. The molecular formula is C11H11F3N4S. The van der Waals surface area contributed by atoms with Crippen LogP contribution in [-0.4, -0.2) is 14.8 Å². The van der Waals surface area contributed by atoms with E-state index in [1.54, 1.807) is 7.05 Å². The normalized spacial score (nSPS) is 11.8. The average molecular weight is 288 g/mol. The molecule has 0 aliphatic carbocycles. The monoisotopic (exact) mass is 288 g/mol. The molecule has 0 unspecified atom stereocenters. The molecule has 102 valence electrons. The van der Waals surface area contributed by atoms with Crippen LogP contribution in [-0.2, 0) is 19.0 Å². The minimum Gasteiger partial charge on any atom is -0.399 e. The first kappa shape index (κ1) is 13.7. The van der Waals surface area contributed by atoms with Crippen LogP contribution in [0.3, 0.4) is 0 Å². The Kier molecular flexibility index (Phi) is 3.70. The number of hydrogen-bond donors (Lipinski definition) is 1. The summed E-state index contributed by atoms with van der Waals surface area (Å²) in [7, 11) is 1.68. The highest BCUT2D eigenvalue weighted by Gasteiger charge is 2.33. The molecule has 0 atom stereocenters. The van der Waals surface area contributed by atoms with Crippen molar-refractivity contribution in [2.75, 3.05) is 5.73 Å². The van der Waals surface area contributed by atoms with Gasteiger partial charge in [-0.3, -0.25) is 0 Å². The first-order valence-corrected chi connectivity index (χ1v) is 6.29. The summed E-state index contributed by atoms with van der Waals surface area (Å²) in [5.41, 5.74) is 4.97. The number of thioether (sulfide) groups is 1. The smallest absolute Gasteiger partial charge is 0.399 e. The van der Waals surface area contributed by atoms with Crippen molar-refractivity contribution in [2.45, 2.75) is 17.1 Å². The Morgan fingerprint density at radius 1 is 1.37 bits per heavy atom. The molecule has 0 radical (unpaired) electrons. The Balaban J connectivity index is 2.23. The number of anilines is 1. The van der Waals surface area contributed by atoms with Crippen molar-refractivity contribution in [3.05, 3.63) is 35.7 Å². The molecule has 1 aromatic heterocycles. The molecule has 2 rings (SSSR count). The van der Waals surface area contributed by atoms with Gasteiger partial charge in [-0.2, -0.15) is 18.3 Å². The second-order valence-corrected chi connectivity index (χ2v) is 4.81. The molecule has 0 amide bonds. The van der Waals surface area contributed by atoms with Gasteiger partial charge < -0.3 is 5.73 Å². The van der Waals surface area contributed by atoms with Gasteiger partial charge in [0.2, 0.25) is 0 Å². The second-order valence-electron chi connectivity index (χ2n) is 3.87. The summed E-state index contributed by atoms with van der Waals surface area (Å²) in [5, 5.41) is 4.42. The predicted octanol–water partition coefficient (Wildman–Crippen LogP) is 2.71. The minimum atomic E-state index is -4.41. The van der Waals surface area contributed by atoms with Crippen LogP contribution in [0.2, 0.25) is 0 Å². The summed E-state index contributed by atoms with van der Waals surface area (Å²) in [5.74, 6) is 0.154. The summed E-state index contributed by atoms with van der Waals surface area (Å²) < 4.78 is 40.1. The molecule has 0 bridgehead atoms. The fraction of sp³-hybridized carbons (Fsp3) is 0.273. The first-order chi connectivity index (χ1) is 8.88. The number of nitrogens with zero attached hydrogens (tertiary/aromatic N) is 3. The fourth-order valence-electron chi connectivity index (χ4n) is 1.54. The van der Waals surface area contributed by atoms with Crippen molar-refractivity contribution in [3.63, 3.8) is 0 Å². The van der Waals surface area contributed by atoms with Gasteiger partial charge in [0.25, 0.3) is 0 Å². The van der Waals surface area contributed by atoms with Crippen LogP contribution >= 0.6 is 11.8 Å². The van der Waals surface area contributed by atoms with E-state index in [0.29, 0.717) is 5.16 Å². The van der Waals surface area contributed by atoms with Crippen molar-refractivity contribution >= 4 is 17.4 Å². The maximum absolute atomic E-state index is 12.9. The van der Waals surface area contributed by atoms with E-state index < -0.39 is 11.7 Å². The number of nitrogen functional groups attached to an aromatic ring is 1. The van der Waals surface area contributed by atoms with E-state index in [4.69, 9.17) is 5.73 Å². The standard InChI is InChI=1S/C11H11F3N4S/c1-18-10(16-6-17-18)19-5-7-2-3-8(15)4-9(7)11(12,13)14/h2-4,6H,5,15H2,1H3. The summed E-state index contributed by atoms with van der Waals surface area (Å²) in [6.45, 7) is 0. The Labute approximate surface area is 111 Å². The van der Waals surface area contributed by atoms with Gasteiger partial charge in [-0.25, -0.2) is 9.67 Å². The third kappa shape index (κ3) is 3.19. The Morgan fingerprint density at radius 2 is 2.11 bits per heavy atom. The molecule has 1 aromatic carbocycles. The number of benzene rings is 1. The van der Waals surface area contributed by atoms with Gasteiger partial charge in [-0.15, -0.1) is 0 Å². The number of aromatic nitrogens is 3.